The SMILES string of the molecule is COC(=O)c1c(NC(=S)NNC(=O)c2csc3ccccc23)sc2c1CC[C@@H](C)C2. The van der Waals surface area contributed by atoms with Crippen LogP contribution in [0.5, 0.6) is 0 Å². The van der Waals surface area contributed by atoms with E-state index in [0.717, 1.165) is 34.9 Å². The predicted molar refractivity (Wildman–Crippen MR) is 125 cm³/mol. The number of thiophene rings is 2. The Labute approximate surface area is 187 Å². The van der Waals surface area contributed by atoms with Crippen molar-refractivity contribution in [2.75, 3.05) is 12.4 Å². The third-order valence-corrected chi connectivity index (χ3v) is 7.48. The van der Waals surface area contributed by atoms with Gasteiger partial charge in [-0.25, -0.2) is 4.79 Å². The van der Waals surface area contributed by atoms with Gasteiger partial charge in [0, 0.05) is 20.3 Å². The number of hydrogen-bond donors (Lipinski definition) is 3. The number of ether oxygens (including phenoxy) is 1. The summed E-state index contributed by atoms with van der Waals surface area (Å²) in [6.45, 7) is 2.21. The van der Waals surface area contributed by atoms with Gasteiger partial charge < -0.3 is 10.1 Å². The number of amides is 1. The van der Waals surface area contributed by atoms with Crippen molar-refractivity contribution in [3.8, 4) is 0 Å². The highest BCUT2D eigenvalue weighted by Crippen LogP contribution is 2.40. The third kappa shape index (κ3) is 4.05. The van der Waals surface area contributed by atoms with Gasteiger partial charge in [-0.2, -0.15) is 0 Å². The number of nitrogens with one attached hydrogen (secondary N) is 3. The normalized spacial score (nSPS) is 15.3. The van der Waals surface area contributed by atoms with Crippen LogP contribution in [-0.2, 0) is 17.6 Å². The fourth-order valence-electron chi connectivity index (χ4n) is 3.63. The quantitative estimate of drug-likeness (QED) is 0.304. The highest BCUT2D eigenvalue weighted by atomic mass is 32.1. The summed E-state index contributed by atoms with van der Waals surface area (Å²) in [5.41, 5.74) is 7.54. The molecule has 4 rings (SSSR count). The van der Waals surface area contributed by atoms with E-state index in [4.69, 9.17) is 17.0 Å². The molecule has 0 aliphatic heterocycles. The zero-order chi connectivity index (χ0) is 21.3. The van der Waals surface area contributed by atoms with Crippen LogP contribution >= 0.6 is 34.9 Å². The molecule has 1 atom stereocenters. The van der Waals surface area contributed by atoms with Crippen LogP contribution in [0.25, 0.3) is 10.1 Å². The Morgan fingerprint density at radius 2 is 2.03 bits per heavy atom. The minimum Gasteiger partial charge on any atom is -0.465 e. The first-order chi connectivity index (χ1) is 14.5. The first kappa shape index (κ1) is 20.8. The molecule has 0 fully saturated rings. The van der Waals surface area contributed by atoms with Crippen molar-refractivity contribution >= 4 is 67.0 Å². The first-order valence-corrected chi connectivity index (χ1v) is 11.6. The maximum Gasteiger partial charge on any atom is 0.341 e. The Balaban J connectivity index is 1.46. The van der Waals surface area contributed by atoms with E-state index in [1.54, 1.807) is 0 Å². The van der Waals surface area contributed by atoms with Gasteiger partial charge in [-0.05, 0) is 49.0 Å². The summed E-state index contributed by atoms with van der Waals surface area (Å²) in [5.74, 6) is -0.0653. The molecule has 9 heteroatoms. The number of hydrogen-bond acceptors (Lipinski definition) is 6. The molecule has 0 saturated heterocycles. The van der Waals surface area contributed by atoms with Gasteiger partial charge in [-0.15, -0.1) is 22.7 Å². The van der Waals surface area contributed by atoms with Crippen LogP contribution in [0.3, 0.4) is 0 Å². The molecular weight excluding hydrogens is 438 g/mol. The van der Waals surface area contributed by atoms with Crippen molar-refractivity contribution in [2.45, 2.75) is 26.2 Å². The molecule has 0 saturated carbocycles. The fourth-order valence-corrected chi connectivity index (χ4v) is 6.19. The van der Waals surface area contributed by atoms with Crippen LogP contribution in [0.4, 0.5) is 5.00 Å². The maximum absolute atomic E-state index is 12.6. The molecule has 0 unspecified atom stereocenters. The molecule has 2 heterocycles. The van der Waals surface area contributed by atoms with Crippen molar-refractivity contribution in [3.63, 3.8) is 0 Å². The van der Waals surface area contributed by atoms with Crippen molar-refractivity contribution in [1.82, 2.24) is 10.9 Å². The number of esters is 1. The number of hydrazine groups is 1. The van der Waals surface area contributed by atoms with E-state index in [1.165, 1.54) is 34.7 Å². The molecule has 1 aliphatic carbocycles. The zero-order valence-electron chi connectivity index (χ0n) is 16.5. The highest BCUT2D eigenvalue weighted by Gasteiger charge is 2.28. The number of fused-ring (bicyclic) bond motifs is 2. The van der Waals surface area contributed by atoms with Gasteiger partial charge in [-0.1, -0.05) is 25.1 Å². The van der Waals surface area contributed by atoms with E-state index < -0.39 is 0 Å². The molecule has 0 spiro atoms. The van der Waals surface area contributed by atoms with Gasteiger partial charge in [0.05, 0.1) is 18.2 Å². The van der Waals surface area contributed by atoms with Gasteiger partial charge >= 0.3 is 5.97 Å². The lowest BCUT2D eigenvalue weighted by atomic mass is 9.88. The second kappa shape index (κ2) is 8.71. The van der Waals surface area contributed by atoms with E-state index >= 15 is 0 Å². The zero-order valence-corrected chi connectivity index (χ0v) is 19.0. The summed E-state index contributed by atoms with van der Waals surface area (Å²) in [6.07, 6.45) is 2.83. The van der Waals surface area contributed by atoms with Gasteiger partial charge in [0.15, 0.2) is 5.11 Å². The summed E-state index contributed by atoms with van der Waals surface area (Å²) in [6, 6.07) is 7.73. The molecule has 2 aromatic heterocycles. The summed E-state index contributed by atoms with van der Waals surface area (Å²) in [7, 11) is 1.38. The van der Waals surface area contributed by atoms with Crippen molar-refractivity contribution in [1.29, 1.82) is 0 Å². The lowest BCUT2D eigenvalue weighted by Crippen LogP contribution is -2.43. The third-order valence-electron chi connectivity index (χ3n) is 5.14. The second-order valence-corrected chi connectivity index (χ2v) is 9.65. The number of methoxy groups -OCH3 is 1. The summed E-state index contributed by atoms with van der Waals surface area (Å²) in [4.78, 5) is 26.1. The number of thiocarbonyl (C=S) groups is 1. The molecule has 1 aromatic carbocycles. The van der Waals surface area contributed by atoms with Crippen LogP contribution in [0, 0.1) is 5.92 Å². The molecule has 3 aromatic rings. The summed E-state index contributed by atoms with van der Waals surface area (Å²) < 4.78 is 6.04. The first-order valence-electron chi connectivity index (χ1n) is 9.54. The maximum atomic E-state index is 12.6. The van der Waals surface area contributed by atoms with Crippen LogP contribution in [0.15, 0.2) is 29.6 Å². The number of carbonyl (C=O) groups excluding carboxylic acids is 2. The topological polar surface area (TPSA) is 79.5 Å². The fraction of sp³-hybridized carbons (Fsp3) is 0.286. The van der Waals surface area contributed by atoms with Crippen LogP contribution in [0.1, 0.15) is 44.5 Å². The highest BCUT2D eigenvalue weighted by molar-refractivity contribution is 7.80. The Bertz CT molecular complexity index is 1140. The minimum atomic E-state index is -0.374. The van der Waals surface area contributed by atoms with E-state index in [2.05, 4.69) is 23.1 Å². The summed E-state index contributed by atoms with van der Waals surface area (Å²) >= 11 is 8.38. The number of carbonyl (C=O) groups is 2. The van der Waals surface area contributed by atoms with Gasteiger partial charge in [-0.3, -0.25) is 15.6 Å². The Kier molecular flexibility index (Phi) is 6.03. The van der Waals surface area contributed by atoms with Crippen LogP contribution in [0.2, 0.25) is 0 Å². The van der Waals surface area contributed by atoms with Gasteiger partial charge in [0.25, 0.3) is 5.91 Å². The molecule has 156 valence electrons. The van der Waals surface area contributed by atoms with E-state index in [0.29, 0.717) is 22.0 Å². The number of benzene rings is 1. The monoisotopic (exact) mass is 459 g/mol. The van der Waals surface area contributed by atoms with Crippen LogP contribution < -0.4 is 16.2 Å². The Hall–Kier alpha value is -2.49. The lowest BCUT2D eigenvalue weighted by molar-refractivity contribution is 0.0600. The summed E-state index contributed by atoms with van der Waals surface area (Å²) in [5, 5.41) is 6.63. The predicted octanol–water partition coefficient (Wildman–Crippen LogP) is 4.51. The van der Waals surface area contributed by atoms with E-state index in [-0.39, 0.29) is 17.0 Å². The molecule has 6 nitrogen and oxygen atoms in total. The van der Waals surface area contributed by atoms with Gasteiger partial charge in [0.1, 0.15) is 5.00 Å². The Morgan fingerprint density at radius 1 is 1.23 bits per heavy atom. The van der Waals surface area contributed by atoms with Crippen LogP contribution in [-0.4, -0.2) is 24.1 Å². The Morgan fingerprint density at radius 3 is 2.83 bits per heavy atom. The smallest absolute Gasteiger partial charge is 0.341 e. The standard InChI is InChI=1S/C21H21N3O3S3/c1-11-7-8-13-16(9-11)30-19(17(13)20(26)27-2)22-21(28)24-23-18(25)14-10-29-15-6-4-3-5-12(14)15/h3-6,10-11H,7-9H2,1-2H3,(H,23,25)(H2,22,24,28)/t11-/m1/s1. The molecule has 0 radical (unpaired) electrons. The molecular formula is C21H21N3O3S3. The van der Waals surface area contributed by atoms with Crippen molar-refractivity contribution in [2.24, 2.45) is 5.92 Å². The largest absolute Gasteiger partial charge is 0.465 e. The molecule has 3 N–H and O–H groups in total. The number of rotatable bonds is 3. The van der Waals surface area contributed by atoms with Crippen molar-refractivity contribution < 1.29 is 14.3 Å². The van der Waals surface area contributed by atoms with Gasteiger partial charge in [0.2, 0.25) is 0 Å². The van der Waals surface area contributed by atoms with Crippen molar-refractivity contribution in [3.05, 3.63) is 51.2 Å². The average molecular weight is 460 g/mol. The average Bonchev–Trinajstić information content (AvgIpc) is 3.32. The molecule has 30 heavy (non-hydrogen) atoms. The number of anilines is 1. The van der Waals surface area contributed by atoms with E-state index in [1.807, 2.05) is 29.6 Å². The second-order valence-electron chi connectivity index (χ2n) is 7.23. The lowest BCUT2D eigenvalue weighted by Gasteiger charge is -2.18. The molecule has 1 aliphatic rings. The minimum absolute atomic E-state index is 0.208. The molecule has 1 amide bonds. The van der Waals surface area contributed by atoms with E-state index in [9.17, 15) is 9.59 Å². The molecule has 0 bridgehead atoms.